The van der Waals surface area contributed by atoms with Crippen LogP contribution >= 0.6 is 0 Å². The van der Waals surface area contributed by atoms with E-state index in [0.717, 1.165) is 34.5 Å². The summed E-state index contributed by atoms with van der Waals surface area (Å²) in [4.78, 5) is 24.5. The van der Waals surface area contributed by atoms with Crippen molar-refractivity contribution >= 4 is 22.8 Å². The summed E-state index contributed by atoms with van der Waals surface area (Å²) < 4.78 is 12.7. The molecule has 1 aromatic heterocycles. The van der Waals surface area contributed by atoms with E-state index in [4.69, 9.17) is 9.47 Å². The third kappa shape index (κ3) is 4.76. The van der Waals surface area contributed by atoms with Crippen LogP contribution in [0.25, 0.3) is 11.0 Å². The molecule has 1 saturated heterocycles. The number of aromatic nitrogens is 3. The Kier molecular flexibility index (Phi) is 5.85. The SMILES string of the molecule is O=C(CCC1(Cc2ccc3c(c2)OCO3)CCC(=O)N1)NCCCn1nnc2ccccc21. The third-order valence-corrected chi connectivity index (χ3v) is 6.33. The van der Waals surface area contributed by atoms with Crippen LogP contribution in [0, 0.1) is 0 Å². The molecule has 3 aromatic rings. The molecule has 0 bridgehead atoms. The Bertz CT molecular complexity index is 1180. The maximum Gasteiger partial charge on any atom is 0.231 e. The van der Waals surface area contributed by atoms with Crippen molar-refractivity contribution < 1.29 is 19.1 Å². The number of carbonyl (C=O) groups excluding carboxylic acids is 2. The van der Waals surface area contributed by atoms with Gasteiger partial charge in [-0.15, -0.1) is 5.10 Å². The third-order valence-electron chi connectivity index (χ3n) is 6.33. The van der Waals surface area contributed by atoms with Gasteiger partial charge in [-0.05, 0) is 55.5 Å². The molecule has 3 heterocycles. The largest absolute Gasteiger partial charge is 0.454 e. The number of rotatable bonds is 9. The number of benzene rings is 2. The van der Waals surface area contributed by atoms with Gasteiger partial charge in [-0.2, -0.15) is 0 Å². The Morgan fingerprint density at radius 1 is 1.18 bits per heavy atom. The molecular formula is C24H27N5O4. The number of nitrogens with one attached hydrogen (secondary N) is 2. The predicted octanol–water partition coefficient (Wildman–Crippen LogP) is 2.34. The fourth-order valence-electron chi connectivity index (χ4n) is 4.60. The van der Waals surface area contributed by atoms with Crippen molar-refractivity contribution in [2.24, 2.45) is 0 Å². The highest BCUT2D eigenvalue weighted by molar-refractivity contribution is 5.80. The van der Waals surface area contributed by atoms with E-state index in [-0.39, 0.29) is 18.6 Å². The van der Waals surface area contributed by atoms with E-state index in [1.807, 2.05) is 47.1 Å². The van der Waals surface area contributed by atoms with Crippen molar-refractivity contribution in [1.82, 2.24) is 25.6 Å². The summed E-state index contributed by atoms with van der Waals surface area (Å²) in [6, 6.07) is 13.7. The van der Waals surface area contributed by atoms with E-state index in [1.165, 1.54) is 0 Å². The van der Waals surface area contributed by atoms with Gasteiger partial charge in [0.1, 0.15) is 5.52 Å². The minimum atomic E-state index is -0.415. The van der Waals surface area contributed by atoms with Gasteiger partial charge in [-0.25, -0.2) is 4.68 Å². The lowest BCUT2D eigenvalue weighted by Gasteiger charge is -2.29. The number of hydrogen-bond acceptors (Lipinski definition) is 6. The zero-order valence-corrected chi connectivity index (χ0v) is 18.4. The topological polar surface area (TPSA) is 107 Å². The normalized spacial score (nSPS) is 19.1. The molecule has 2 N–H and O–H groups in total. The van der Waals surface area contributed by atoms with Crippen LogP contribution in [0.5, 0.6) is 11.5 Å². The molecule has 1 atom stereocenters. The number of amides is 2. The number of aryl methyl sites for hydroxylation is 1. The van der Waals surface area contributed by atoms with Crippen LogP contribution in [0.1, 0.15) is 37.7 Å². The average Bonchev–Trinajstić information content (AvgIpc) is 3.54. The maximum atomic E-state index is 12.5. The van der Waals surface area contributed by atoms with Crippen molar-refractivity contribution in [3.8, 4) is 11.5 Å². The Balaban J connectivity index is 1.12. The van der Waals surface area contributed by atoms with Crippen molar-refractivity contribution in [3.63, 3.8) is 0 Å². The number of ether oxygens (including phenoxy) is 2. The molecule has 0 aliphatic carbocycles. The van der Waals surface area contributed by atoms with Crippen LogP contribution in [0.4, 0.5) is 0 Å². The zero-order chi connectivity index (χ0) is 22.7. The molecule has 2 aliphatic heterocycles. The van der Waals surface area contributed by atoms with E-state index in [0.29, 0.717) is 45.2 Å². The highest BCUT2D eigenvalue weighted by Gasteiger charge is 2.38. The lowest BCUT2D eigenvalue weighted by atomic mass is 9.85. The molecular weight excluding hydrogens is 422 g/mol. The first-order chi connectivity index (χ1) is 16.1. The molecule has 0 saturated carbocycles. The van der Waals surface area contributed by atoms with Gasteiger partial charge in [0.05, 0.1) is 5.52 Å². The minimum Gasteiger partial charge on any atom is -0.454 e. The first-order valence-corrected chi connectivity index (χ1v) is 11.3. The van der Waals surface area contributed by atoms with Crippen LogP contribution in [0.15, 0.2) is 42.5 Å². The molecule has 0 radical (unpaired) electrons. The Hall–Kier alpha value is -3.62. The molecule has 9 nitrogen and oxygen atoms in total. The van der Waals surface area contributed by atoms with Crippen LogP contribution < -0.4 is 20.1 Å². The summed E-state index contributed by atoms with van der Waals surface area (Å²) in [6.07, 6.45) is 3.56. The minimum absolute atomic E-state index is 0.00957. The Labute approximate surface area is 191 Å². The highest BCUT2D eigenvalue weighted by atomic mass is 16.7. The summed E-state index contributed by atoms with van der Waals surface area (Å²) in [6.45, 7) is 1.48. The zero-order valence-electron chi connectivity index (χ0n) is 18.4. The van der Waals surface area contributed by atoms with Gasteiger partial charge < -0.3 is 20.1 Å². The van der Waals surface area contributed by atoms with Crippen molar-refractivity contribution in [3.05, 3.63) is 48.0 Å². The summed E-state index contributed by atoms with van der Waals surface area (Å²) in [7, 11) is 0. The number of para-hydroxylation sites is 1. The molecule has 33 heavy (non-hydrogen) atoms. The monoisotopic (exact) mass is 449 g/mol. The number of fused-ring (bicyclic) bond motifs is 2. The van der Waals surface area contributed by atoms with Crippen LogP contribution in [-0.2, 0) is 22.6 Å². The summed E-state index contributed by atoms with van der Waals surface area (Å²) in [5, 5.41) is 14.5. The molecule has 2 amide bonds. The van der Waals surface area contributed by atoms with Gasteiger partial charge in [-0.1, -0.05) is 23.4 Å². The van der Waals surface area contributed by atoms with Crippen molar-refractivity contribution in [2.75, 3.05) is 13.3 Å². The Morgan fingerprint density at radius 3 is 2.94 bits per heavy atom. The van der Waals surface area contributed by atoms with E-state index in [9.17, 15) is 9.59 Å². The van der Waals surface area contributed by atoms with E-state index in [1.54, 1.807) is 0 Å². The second kappa shape index (κ2) is 9.09. The molecule has 5 rings (SSSR count). The molecule has 1 fully saturated rings. The standard InChI is InChI=1S/C24H27N5O4/c30-22(25-12-3-13-29-19-5-2-1-4-18(19)27-28-29)8-10-24(11-9-23(31)26-24)15-17-6-7-20-21(14-17)33-16-32-20/h1-2,4-7,14H,3,8-13,15-16H2,(H,25,30)(H,26,31). The molecule has 1 unspecified atom stereocenters. The van der Waals surface area contributed by atoms with Gasteiger partial charge in [0, 0.05) is 31.5 Å². The van der Waals surface area contributed by atoms with Gasteiger partial charge in [0.15, 0.2) is 11.5 Å². The van der Waals surface area contributed by atoms with Gasteiger partial charge >= 0.3 is 0 Å². The first kappa shape index (κ1) is 21.2. The lowest BCUT2D eigenvalue weighted by Crippen LogP contribution is -2.44. The predicted molar refractivity (Wildman–Crippen MR) is 121 cm³/mol. The number of carbonyl (C=O) groups is 2. The molecule has 172 valence electrons. The maximum absolute atomic E-state index is 12.5. The fourth-order valence-corrected chi connectivity index (χ4v) is 4.60. The fraction of sp³-hybridized carbons (Fsp3) is 0.417. The Morgan fingerprint density at radius 2 is 2.06 bits per heavy atom. The second-order valence-electron chi connectivity index (χ2n) is 8.70. The number of nitrogens with zero attached hydrogens (tertiary/aromatic N) is 3. The quantitative estimate of drug-likeness (QED) is 0.486. The molecule has 9 heteroatoms. The van der Waals surface area contributed by atoms with Crippen molar-refractivity contribution in [1.29, 1.82) is 0 Å². The number of hydrogen-bond donors (Lipinski definition) is 2. The second-order valence-corrected chi connectivity index (χ2v) is 8.70. The smallest absolute Gasteiger partial charge is 0.231 e. The van der Waals surface area contributed by atoms with E-state index >= 15 is 0 Å². The highest BCUT2D eigenvalue weighted by Crippen LogP contribution is 2.35. The van der Waals surface area contributed by atoms with Crippen LogP contribution in [0.3, 0.4) is 0 Å². The molecule has 2 aliphatic rings. The van der Waals surface area contributed by atoms with Gasteiger partial charge in [0.2, 0.25) is 18.6 Å². The molecule has 0 spiro atoms. The van der Waals surface area contributed by atoms with Crippen molar-refractivity contribution in [2.45, 2.75) is 50.6 Å². The lowest BCUT2D eigenvalue weighted by molar-refractivity contribution is -0.122. The van der Waals surface area contributed by atoms with Crippen LogP contribution in [-0.4, -0.2) is 45.7 Å². The average molecular weight is 450 g/mol. The summed E-state index contributed by atoms with van der Waals surface area (Å²) in [5.41, 5.74) is 2.50. The molecule has 2 aromatic carbocycles. The summed E-state index contributed by atoms with van der Waals surface area (Å²) in [5.74, 6) is 1.49. The first-order valence-electron chi connectivity index (χ1n) is 11.3. The van der Waals surface area contributed by atoms with E-state index in [2.05, 4.69) is 20.9 Å². The summed E-state index contributed by atoms with van der Waals surface area (Å²) >= 11 is 0. The van der Waals surface area contributed by atoms with E-state index < -0.39 is 5.54 Å². The van der Waals surface area contributed by atoms with Gasteiger partial charge in [0.25, 0.3) is 0 Å². The van der Waals surface area contributed by atoms with Gasteiger partial charge in [-0.3, -0.25) is 9.59 Å². The van der Waals surface area contributed by atoms with Crippen LogP contribution in [0.2, 0.25) is 0 Å².